The van der Waals surface area contributed by atoms with E-state index >= 15 is 0 Å². The van der Waals surface area contributed by atoms with E-state index in [-0.39, 0.29) is 22.3 Å². The van der Waals surface area contributed by atoms with E-state index in [0.29, 0.717) is 18.8 Å². The van der Waals surface area contributed by atoms with E-state index in [0.717, 1.165) is 6.42 Å². The van der Waals surface area contributed by atoms with Crippen molar-refractivity contribution < 1.29 is 17.7 Å². The van der Waals surface area contributed by atoms with E-state index in [1.54, 1.807) is 13.0 Å². The second kappa shape index (κ2) is 8.21. The van der Waals surface area contributed by atoms with E-state index in [1.807, 2.05) is 13.8 Å². The molecular weight excluding hydrogens is 344 g/mol. The van der Waals surface area contributed by atoms with Crippen molar-refractivity contribution in [1.82, 2.24) is 20.2 Å². The molecule has 0 fully saturated rings. The second-order valence-corrected chi connectivity index (χ2v) is 7.24. The summed E-state index contributed by atoms with van der Waals surface area (Å²) in [6.45, 7) is 5.96. The minimum atomic E-state index is -3.84. The van der Waals surface area contributed by atoms with Gasteiger partial charge in [-0.25, -0.2) is 8.42 Å². The van der Waals surface area contributed by atoms with Gasteiger partial charge in [-0.05, 0) is 31.5 Å². The van der Waals surface area contributed by atoms with Gasteiger partial charge in [0.1, 0.15) is 0 Å². The molecule has 2 N–H and O–H groups in total. The van der Waals surface area contributed by atoms with E-state index in [9.17, 15) is 13.2 Å². The van der Waals surface area contributed by atoms with Crippen molar-refractivity contribution in [2.75, 3.05) is 6.54 Å². The Bertz CT molecular complexity index is 832. The van der Waals surface area contributed by atoms with Gasteiger partial charge in [-0.3, -0.25) is 4.79 Å². The average Bonchev–Trinajstić information content (AvgIpc) is 3.09. The maximum Gasteiger partial charge on any atom is 0.251 e. The van der Waals surface area contributed by atoms with Gasteiger partial charge in [0, 0.05) is 18.5 Å². The Hall–Kier alpha value is -2.26. The minimum Gasteiger partial charge on any atom is -0.352 e. The van der Waals surface area contributed by atoms with Gasteiger partial charge in [0.2, 0.25) is 15.9 Å². The number of aryl methyl sites for hydroxylation is 1. The van der Waals surface area contributed by atoms with Gasteiger partial charge in [0.15, 0.2) is 5.82 Å². The standard InChI is InChI=1S/C16H22N4O4S/c1-4-9-17-15(21)12-7-6-8-13(10-12)25(22,23)20-11(3)16-18-14(5-2)19-24-16/h6-8,10-11,20H,4-5,9H2,1-3H3,(H,17,21)/t11-/m1/s1. The summed E-state index contributed by atoms with van der Waals surface area (Å²) in [6, 6.07) is 5.18. The van der Waals surface area contributed by atoms with Gasteiger partial charge in [-0.2, -0.15) is 9.71 Å². The molecule has 9 heteroatoms. The predicted octanol–water partition coefficient (Wildman–Crippen LogP) is 1.81. The van der Waals surface area contributed by atoms with Crippen molar-refractivity contribution in [3.05, 3.63) is 41.5 Å². The van der Waals surface area contributed by atoms with Crippen LogP contribution in [0, 0.1) is 0 Å². The monoisotopic (exact) mass is 366 g/mol. The summed E-state index contributed by atoms with van der Waals surface area (Å²) in [5, 5.41) is 6.47. The molecule has 1 heterocycles. The lowest BCUT2D eigenvalue weighted by atomic mass is 10.2. The fourth-order valence-electron chi connectivity index (χ4n) is 2.08. The van der Waals surface area contributed by atoms with Gasteiger partial charge in [0.05, 0.1) is 10.9 Å². The first-order valence-corrected chi connectivity index (χ1v) is 9.58. The number of nitrogens with zero attached hydrogens (tertiary/aromatic N) is 2. The van der Waals surface area contributed by atoms with Crippen molar-refractivity contribution in [2.24, 2.45) is 0 Å². The molecule has 1 atom stereocenters. The van der Waals surface area contributed by atoms with Crippen LogP contribution < -0.4 is 10.0 Å². The van der Waals surface area contributed by atoms with Crippen LogP contribution in [0.2, 0.25) is 0 Å². The molecule has 136 valence electrons. The molecule has 0 aliphatic rings. The van der Waals surface area contributed by atoms with Crippen molar-refractivity contribution in [2.45, 2.75) is 44.6 Å². The van der Waals surface area contributed by atoms with Gasteiger partial charge >= 0.3 is 0 Å². The molecule has 0 saturated heterocycles. The number of nitrogens with one attached hydrogen (secondary N) is 2. The average molecular weight is 366 g/mol. The molecule has 0 unspecified atom stereocenters. The lowest BCUT2D eigenvalue weighted by molar-refractivity contribution is 0.0953. The summed E-state index contributed by atoms with van der Waals surface area (Å²) in [5.41, 5.74) is 0.287. The number of benzene rings is 1. The fourth-order valence-corrected chi connectivity index (χ4v) is 3.33. The largest absolute Gasteiger partial charge is 0.352 e. The highest BCUT2D eigenvalue weighted by atomic mass is 32.2. The van der Waals surface area contributed by atoms with Gasteiger partial charge in [-0.1, -0.05) is 25.1 Å². The molecule has 8 nitrogen and oxygen atoms in total. The summed E-state index contributed by atoms with van der Waals surface area (Å²) in [7, 11) is -3.84. The molecule has 0 aliphatic heterocycles. The third-order valence-electron chi connectivity index (χ3n) is 3.44. The van der Waals surface area contributed by atoms with Crippen LogP contribution in [0.1, 0.15) is 55.3 Å². The van der Waals surface area contributed by atoms with Gasteiger partial charge in [-0.15, -0.1) is 0 Å². The highest BCUT2D eigenvalue weighted by Gasteiger charge is 2.23. The zero-order valence-electron chi connectivity index (χ0n) is 14.4. The summed E-state index contributed by atoms with van der Waals surface area (Å²) in [4.78, 5) is 16.1. The van der Waals surface area contributed by atoms with E-state index in [4.69, 9.17) is 4.52 Å². The molecule has 0 bridgehead atoms. The van der Waals surface area contributed by atoms with E-state index in [2.05, 4.69) is 20.2 Å². The number of amides is 1. The summed E-state index contributed by atoms with van der Waals surface area (Å²) < 4.78 is 32.6. The number of hydrogen-bond donors (Lipinski definition) is 2. The molecule has 1 amide bonds. The molecule has 0 saturated carbocycles. The normalized spacial score (nSPS) is 12.8. The highest BCUT2D eigenvalue weighted by molar-refractivity contribution is 7.89. The third kappa shape index (κ3) is 4.86. The van der Waals surface area contributed by atoms with Crippen LogP contribution in [0.3, 0.4) is 0 Å². The van der Waals surface area contributed by atoms with Gasteiger partial charge < -0.3 is 9.84 Å². The predicted molar refractivity (Wildman–Crippen MR) is 91.5 cm³/mol. The van der Waals surface area contributed by atoms with E-state index in [1.165, 1.54) is 18.2 Å². The zero-order valence-corrected chi connectivity index (χ0v) is 15.3. The topological polar surface area (TPSA) is 114 Å². The number of aromatic nitrogens is 2. The Morgan fingerprint density at radius 2 is 2.08 bits per heavy atom. The highest BCUT2D eigenvalue weighted by Crippen LogP contribution is 2.17. The molecule has 25 heavy (non-hydrogen) atoms. The Kier molecular flexibility index (Phi) is 6.27. The summed E-state index contributed by atoms with van der Waals surface area (Å²) in [5.74, 6) is 0.393. The smallest absolute Gasteiger partial charge is 0.251 e. The van der Waals surface area contributed by atoms with Crippen LogP contribution in [-0.4, -0.2) is 31.0 Å². The van der Waals surface area contributed by atoms with Crippen LogP contribution in [-0.2, 0) is 16.4 Å². The molecule has 2 aromatic rings. The van der Waals surface area contributed by atoms with Crippen LogP contribution in [0.5, 0.6) is 0 Å². The maximum absolute atomic E-state index is 12.5. The molecule has 0 aliphatic carbocycles. The molecule has 1 aromatic heterocycles. The van der Waals surface area contributed by atoms with Crippen molar-refractivity contribution >= 4 is 15.9 Å². The van der Waals surface area contributed by atoms with Crippen LogP contribution in [0.4, 0.5) is 0 Å². The first-order valence-electron chi connectivity index (χ1n) is 8.10. The number of sulfonamides is 1. The Morgan fingerprint density at radius 3 is 2.72 bits per heavy atom. The molecule has 1 aromatic carbocycles. The lowest BCUT2D eigenvalue weighted by Gasteiger charge is -2.11. The molecule has 0 radical (unpaired) electrons. The van der Waals surface area contributed by atoms with Crippen molar-refractivity contribution in [3.63, 3.8) is 0 Å². The Balaban J connectivity index is 2.17. The van der Waals surface area contributed by atoms with Gasteiger partial charge in [0.25, 0.3) is 5.91 Å². The SMILES string of the molecule is CCCNC(=O)c1cccc(S(=O)(=O)N[C@H](C)c2nc(CC)no2)c1. The lowest BCUT2D eigenvalue weighted by Crippen LogP contribution is -2.28. The molecular formula is C16H22N4O4S. The number of rotatable bonds is 8. The van der Waals surface area contributed by atoms with Crippen LogP contribution in [0.25, 0.3) is 0 Å². The Morgan fingerprint density at radius 1 is 1.32 bits per heavy atom. The van der Waals surface area contributed by atoms with Crippen LogP contribution >= 0.6 is 0 Å². The van der Waals surface area contributed by atoms with Crippen molar-refractivity contribution in [1.29, 1.82) is 0 Å². The minimum absolute atomic E-state index is 0.00118. The number of hydrogen-bond acceptors (Lipinski definition) is 6. The second-order valence-electron chi connectivity index (χ2n) is 5.53. The first-order chi connectivity index (χ1) is 11.9. The molecule has 2 rings (SSSR count). The number of carbonyl (C=O) groups is 1. The fraction of sp³-hybridized carbons (Fsp3) is 0.438. The molecule has 0 spiro atoms. The Labute approximate surface area is 147 Å². The first kappa shape index (κ1) is 19.1. The zero-order chi connectivity index (χ0) is 18.4. The maximum atomic E-state index is 12.5. The third-order valence-corrected chi connectivity index (χ3v) is 4.98. The summed E-state index contributed by atoms with van der Waals surface area (Å²) in [6.07, 6.45) is 1.39. The van der Waals surface area contributed by atoms with E-state index < -0.39 is 16.1 Å². The quantitative estimate of drug-likeness (QED) is 0.736. The van der Waals surface area contributed by atoms with Crippen molar-refractivity contribution in [3.8, 4) is 0 Å². The number of carbonyl (C=O) groups excluding carboxylic acids is 1. The summed E-state index contributed by atoms with van der Waals surface area (Å²) >= 11 is 0. The van der Waals surface area contributed by atoms with Crippen LogP contribution in [0.15, 0.2) is 33.7 Å².